The highest BCUT2D eigenvalue weighted by Crippen LogP contribution is 2.04. The molecule has 19 heavy (non-hydrogen) atoms. The third kappa shape index (κ3) is 3.31. The molecule has 2 rings (SSSR count). The molecule has 0 saturated heterocycles. The predicted octanol–water partition coefficient (Wildman–Crippen LogP) is 1.87. The summed E-state index contributed by atoms with van der Waals surface area (Å²) < 4.78 is 0. The van der Waals surface area contributed by atoms with Crippen LogP contribution in [0.4, 0.5) is 0 Å². The number of amides is 1. The zero-order valence-corrected chi connectivity index (χ0v) is 10.8. The summed E-state index contributed by atoms with van der Waals surface area (Å²) in [6.45, 7) is 2.51. The molecule has 0 radical (unpaired) electrons. The van der Waals surface area contributed by atoms with Gasteiger partial charge in [-0.2, -0.15) is 0 Å². The monoisotopic (exact) mass is 256 g/mol. The quantitative estimate of drug-likeness (QED) is 0.877. The van der Waals surface area contributed by atoms with E-state index in [1.807, 2.05) is 24.3 Å². The number of pyridine rings is 1. The molecule has 0 atom stereocenters. The smallest absolute Gasteiger partial charge is 0.260 e. The van der Waals surface area contributed by atoms with Gasteiger partial charge in [-0.3, -0.25) is 9.59 Å². The van der Waals surface area contributed by atoms with E-state index in [0.29, 0.717) is 6.54 Å². The van der Waals surface area contributed by atoms with Gasteiger partial charge in [0.25, 0.3) is 11.5 Å². The molecule has 0 aliphatic carbocycles. The first-order chi connectivity index (χ1) is 9.20. The van der Waals surface area contributed by atoms with Gasteiger partial charge in [-0.1, -0.05) is 31.2 Å². The summed E-state index contributed by atoms with van der Waals surface area (Å²) in [6.07, 6.45) is 2.49. The third-order valence-electron chi connectivity index (χ3n) is 2.95. The molecular weight excluding hydrogens is 240 g/mol. The number of benzene rings is 1. The maximum atomic E-state index is 11.8. The molecule has 2 aromatic rings. The van der Waals surface area contributed by atoms with E-state index in [0.717, 1.165) is 12.0 Å². The van der Waals surface area contributed by atoms with E-state index >= 15 is 0 Å². The fraction of sp³-hybridized carbons (Fsp3) is 0.200. The minimum atomic E-state index is -0.374. The molecule has 1 heterocycles. The minimum absolute atomic E-state index is 0.132. The molecule has 1 amide bonds. The number of aromatic nitrogens is 1. The van der Waals surface area contributed by atoms with Crippen molar-refractivity contribution in [3.05, 3.63) is 69.6 Å². The Labute approximate surface area is 111 Å². The summed E-state index contributed by atoms with van der Waals surface area (Å²) in [5, 5.41) is 2.73. The summed E-state index contributed by atoms with van der Waals surface area (Å²) in [5.74, 6) is -0.360. The highest BCUT2D eigenvalue weighted by Gasteiger charge is 2.08. The van der Waals surface area contributed by atoms with E-state index in [4.69, 9.17) is 0 Å². The standard InChI is InChI=1S/C15H16N2O2/c1-2-11-5-7-12(8-6-11)10-17-15(19)13-4-3-9-16-14(13)18/h3-9H,2,10H2,1H3,(H,16,18)(H,17,19). The lowest BCUT2D eigenvalue weighted by Crippen LogP contribution is -2.28. The van der Waals surface area contributed by atoms with Gasteiger partial charge in [0.15, 0.2) is 0 Å². The summed E-state index contributed by atoms with van der Waals surface area (Å²) in [6, 6.07) is 11.2. The van der Waals surface area contributed by atoms with Crippen molar-refractivity contribution >= 4 is 5.91 Å². The molecule has 0 fully saturated rings. The van der Waals surface area contributed by atoms with Crippen LogP contribution < -0.4 is 10.9 Å². The van der Waals surface area contributed by atoms with Crippen LogP contribution in [0.3, 0.4) is 0 Å². The highest BCUT2D eigenvalue weighted by atomic mass is 16.2. The van der Waals surface area contributed by atoms with Crippen molar-refractivity contribution in [2.24, 2.45) is 0 Å². The van der Waals surface area contributed by atoms with Crippen molar-refractivity contribution in [1.82, 2.24) is 10.3 Å². The van der Waals surface area contributed by atoms with Gasteiger partial charge in [0.1, 0.15) is 5.56 Å². The molecule has 0 aliphatic rings. The largest absolute Gasteiger partial charge is 0.348 e. The van der Waals surface area contributed by atoms with Crippen LogP contribution >= 0.6 is 0 Å². The molecule has 98 valence electrons. The van der Waals surface area contributed by atoms with Gasteiger partial charge in [-0.05, 0) is 29.7 Å². The van der Waals surface area contributed by atoms with Crippen LogP contribution in [0, 0.1) is 0 Å². The molecule has 2 N–H and O–H groups in total. The maximum Gasteiger partial charge on any atom is 0.260 e. The van der Waals surface area contributed by atoms with Crippen LogP contribution in [0.25, 0.3) is 0 Å². The van der Waals surface area contributed by atoms with Crippen molar-refractivity contribution in [3.8, 4) is 0 Å². The van der Waals surface area contributed by atoms with Crippen LogP contribution in [0.1, 0.15) is 28.4 Å². The van der Waals surface area contributed by atoms with Gasteiger partial charge < -0.3 is 10.3 Å². The predicted molar refractivity (Wildman–Crippen MR) is 74.1 cm³/mol. The zero-order valence-electron chi connectivity index (χ0n) is 10.8. The Morgan fingerprint density at radius 1 is 1.16 bits per heavy atom. The Morgan fingerprint density at radius 3 is 2.47 bits per heavy atom. The average Bonchev–Trinajstić information content (AvgIpc) is 2.46. The minimum Gasteiger partial charge on any atom is -0.348 e. The van der Waals surface area contributed by atoms with Crippen LogP contribution in [0.2, 0.25) is 0 Å². The van der Waals surface area contributed by atoms with Crippen molar-refractivity contribution in [2.45, 2.75) is 19.9 Å². The van der Waals surface area contributed by atoms with E-state index in [-0.39, 0.29) is 17.0 Å². The number of carbonyl (C=O) groups excluding carboxylic acids is 1. The number of aryl methyl sites for hydroxylation is 1. The number of H-pyrrole nitrogens is 1. The molecule has 1 aromatic carbocycles. The summed E-state index contributed by atoms with van der Waals surface area (Å²) in [7, 11) is 0. The number of hydrogen-bond donors (Lipinski definition) is 2. The molecule has 0 saturated carbocycles. The number of hydrogen-bond acceptors (Lipinski definition) is 2. The lowest BCUT2D eigenvalue weighted by atomic mass is 10.1. The fourth-order valence-corrected chi connectivity index (χ4v) is 1.77. The third-order valence-corrected chi connectivity index (χ3v) is 2.95. The molecule has 0 unspecified atom stereocenters. The van der Waals surface area contributed by atoms with Gasteiger partial charge in [0.05, 0.1) is 0 Å². The molecule has 0 bridgehead atoms. The molecular formula is C15H16N2O2. The number of carbonyl (C=O) groups is 1. The number of rotatable bonds is 4. The fourth-order valence-electron chi connectivity index (χ4n) is 1.77. The summed E-state index contributed by atoms with van der Waals surface area (Å²) in [4.78, 5) is 25.7. The van der Waals surface area contributed by atoms with Crippen molar-refractivity contribution < 1.29 is 4.79 Å². The first kappa shape index (κ1) is 13.1. The van der Waals surface area contributed by atoms with E-state index in [1.165, 1.54) is 17.8 Å². The van der Waals surface area contributed by atoms with Crippen LogP contribution in [0.15, 0.2) is 47.4 Å². The lowest BCUT2D eigenvalue weighted by molar-refractivity contribution is 0.0949. The van der Waals surface area contributed by atoms with Crippen LogP contribution in [0.5, 0.6) is 0 Å². The molecule has 1 aromatic heterocycles. The van der Waals surface area contributed by atoms with E-state index in [1.54, 1.807) is 6.07 Å². The Kier molecular flexibility index (Phi) is 4.13. The normalized spacial score (nSPS) is 10.2. The molecule has 4 nitrogen and oxygen atoms in total. The lowest BCUT2D eigenvalue weighted by Gasteiger charge is -2.05. The van der Waals surface area contributed by atoms with Crippen LogP contribution in [-0.2, 0) is 13.0 Å². The zero-order chi connectivity index (χ0) is 13.7. The Balaban J connectivity index is 2.00. The van der Waals surface area contributed by atoms with Crippen molar-refractivity contribution in [3.63, 3.8) is 0 Å². The Bertz CT molecular complexity index is 615. The number of aromatic amines is 1. The van der Waals surface area contributed by atoms with E-state index in [9.17, 15) is 9.59 Å². The van der Waals surface area contributed by atoms with Gasteiger partial charge in [0, 0.05) is 12.7 Å². The van der Waals surface area contributed by atoms with E-state index in [2.05, 4.69) is 17.2 Å². The van der Waals surface area contributed by atoms with Crippen LogP contribution in [-0.4, -0.2) is 10.9 Å². The van der Waals surface area contributed by atoms with Gasteiger partial charge >= 0.3 is 0 Å². The second-order valence-corrected chi connectivity index (χ2v) is 4.27. The topological polar surface area (TPSA) is 62.0 Å². The average molecular weight is 256 g/mol. The SMILES string of the molecule is CCc1ccc(CNC(=O)c2ccc[nH]c2=O)cc1. The summed E-state index contributed by atoms with van der Waals surface area (Å²) >= 11 is 0. The van der Waals surface area contributed by atoms with E-state index < -0.39 is 0 Å². The van der Waals surface area contributed by atoms with Gasteiger partial charge in [-0.15, -0.1) is 0 Å². The molecule has 0 aliphatic heterocycles. The molecule has 0 spiro atoms. The Hall–Kier alpha value is -2.36. The van der Waals surface area contributed by atoms with Gasteiger partial charge in [-0.25, -0.2) is 0 Å². The maximum absolute atomic E-state index is 11.8. The van der Waals surface area contributed by atoms with Gasteiger partial charge in [0.2, 0.25) is 0 Å². The Morgan fingerprint density at radius 2 is 1.84 bits per heavy atom. The number of nitrogens with one attached hydrogen (secondary N) is 2. The summed E-state index contributed by atoms with van der Waals surface area (Å²) in [5.41, 5.74) is 2.03. The second kappa shape index (κ2) is 6.00. The first-order valence-corrected chi connectivity index (χ1v) is 6.24. The van der Waals surface area contributed by atoms with Crippen molar-refractivity contribution in [1.29, 1.82) is 0 Å². The highest BCUT2D eigenvalue weighted by molar-refractivity contribution is 5.93. The second-order valence-electron chi connectivity index (χ2n) is 4.27. The van der Waals surface area contributed by atoms with Crippen molar-refractivity contribution in [2.75, 3.05) is 0 Å². The molecule has 4 heteroatoms. The first-order valence-electron chi connectivity index (χ1n) is 6.24.